The second kappa shape index (κ2) is 9.15. The fourth-order valence-electron chi connectivity index (χ4n) is 5.61. The van der Waals surface area contributed by atoms with Crippen LogP contribution < -0.4 is 0 Å². The van der Waals surface area contributed by atoms with Gasteiger partial charge >= 0.3 is 7.60 Å². The van der Waals surface area contributed by atoms with Crippen LogP contribution in [-0.4, -0.2) is 74.4 Å². The third kappa shape index (κ3) is 4.44. The molecule has 3 aliphatic heterocycles. The van der Waals surface area contributed by atoms with E-state index in [2.05, 4.69) is 15.0 Å². The number of piperidine rings is 2. The summed E-state index contributed by atoms with van der Waals surface area (Å²) in [5, 5.41) is 5.07. The Morgan fingerprint density at radius 2 is 1.97 bits per heavy atom. The zero-order chi connectivity index (χ0) is 24.0. The highest BCUT2D eigenvalue weighted by Gasteiger charge is 2.46. The summed E-state index contributed by atoms with van der Waals surface area (Å²) in [4.78, 5) is 41.1. The summed E-state index contributed by atoms with van der Waals surface area (Å²) in [6.45, 7) is 4.84. The average molecular weight is 492 g/mol. The van der Waals surface area contributed by atoms with E-state index in [9.17, 15) is 23.5 Å². The summed E-state index contributed by atoms with van der Waals surface area (Å²) in [7, 11) is -4.35. The Morgan fingerprint density at radius 3 is 2.71 bits per heavy atom. The zero-order valence-electron chi connectivity index (χ0n) is 19.1. The minimum Gasteiger partial charge on any atom is -0.356 e. The number of benzene rings is 1. The van der Waals surface area contributed by atoms with Gasteiger partial charge in [0.2, 0.25) is 5.91 Å². The van der Waals surface area contributed by atoms with Crippen molar-refractivity contribution in [2.45, 2.75) is 56.6 Å². The molecular weight excluding hydrogens is 462 g/mol. The lowest BCUT2D eigenvalue weighted by molar-refractivity contribution is -0.133. The first-order valence-electron chi connectivity index (χ1n) is 11.9. The lowest BCUT2D eigenvalue weighted by atomic mass is 9.89. The quantitative estimate of drug-likeness (QED) is 0.616. The Hall–Kier alpha value is -2.13. The summed E-state index contributed by atoms with van der Waals surface area (Å²) in [5.41, 5.74) is 0.384. The molecule has 2 N–H and O–H groups in total. The smallest absolute Gasteiger partial charge is 0.336 e. The third-order valence-corrected chi connectivity index (χ3v) is 8.84. The molecule has 3 aliphatic rings. The topological polar surface area (TPSA) is 119 Å². The van der Waals surface area contributed by atoms with Crippen molar-refractivity contribution in [3.8, 4) is 0 Å². The minimum atomic E-state index is -4.35. The second-order valence-corrected chi connectivity index (χ2v) is 11.5. The van der Waals surface area contributed by atoms with Crippen LogP contribution in [0.15, 0.2) is 27.7 Å². The van der Waals surface area contributed by atoms with E-state index in [4.69, 9.17) is 4.52 Å². The first-order chi connectivity index (χ1) is 16.2. The van der Waals surface area contributed by atoms with Crippen molar-refractivity contribution in [2.24, 2.45) is 10.9 Å². The molecule has 0 radical (unpaired) electrons. The number of amides is 1. The number of hydrogen-bond acceptors (Lipinski definition) is 6. The van der Waals surface area contributed by atoms with Crippen molar-refractivity contribution >= 4 is 30.3 Å². The first-order valence-corrected chi connectivity index (χ1v) is 13.6. The number of nitrogens with zero attached hydrogens (tertiary/aromatic N) is 4. The third-order valence-electron chi connectivity index (χ3n) is 7.53. The van der Waals surface area contributed by atoms with Crippen molar-refractivity contribution in [3.05, 3.63) is 29.7 Å². The number of fused-ring (bicyclic) bond motifs is 2. The molecule has 3 unspecified atom stereocenters. The molecule has 9 nitrogen and oxygen atoms in total. The predicted molar refractivity (Wildman–Crippen MR) is 124 cm³/mol. The van der Waals surface area contributed by atoms with Crippen LogP contribution in [0.4, 0.5) is 4.39 Å². The molecule has 11 heteroatoms. The Bertz CT molecular complexity index is 1160. The lowest BCUT2D eigenvalue weighted by Crippen LogP contribution is -2.55. The van der Waals surface area contributed by atoms with Crippen molar-refractivity contribution in [1.29, 1.82) is 0 Å². The molecule has 0 bridgehead atoms. The van der Waals surface area contributed by atoms with E-state index in [1.165, 1.54) is 17.0 Å². The normalized spacial score (nSPS) is 27.2. The standard InChI is InChI=1S/C23H30FN4O5P/c1-14-17(23(29)28-9-2-3-20(22(28)25-14)34(30,31)32)8-12-27-10-6-15(7-11-27)21-18-5-4-16(24)13-19(18)33-26-21/h4-5,13-15,17,20H,2-3,6-12H2,1H3,(H2,30,31,32). The highest BCUT2D eigenvalue weighted by molar-refractivity contribution is 7.53. The molecule has 0 aliphatic carbocycles. The molecule has 2 aromatic rings. The highest BCUT2D eigenvalue weighted by Crippen LogP contribution is 2.47. The molecular formula is C23H30FN4O5P. The van der Waals surface area contributed by atoms with Crippen LogP contribution in [0, 0.1) is 11.7 Å². The van der Waals surface area contributed by atoms with E-state index in [-0.39, 0.29) is 35.4 Å². The van der Waals surface area contributed by atoms with E-state index in [0.717, 1.165) is 43.6 Å². The number of hydrogen-bond donors (Lipinski definition) is 2. The molecule has 1 amide bonds. The molecule has 5 rings (SSSR count). The Kier molecular flexibility index (Phi) is 6.35. The van der Waals surface area contributed by atoms with E-state index in [0.29, 0.717) is 31.4 Å². The predicted octanol–water partition coefficient (Wildman–Crippen LogP) is 3.12. The second-order valence-electron chi connectivity index (χ2n) is 9.68. The van der Waals surface area contributed by atoms with Crippen molar-refractivity contribution in [2.75, 3.05) is 26.2 Å². The maximum Gasteiger partial charge on any atom is 0.336 e. The molecule has 0 spiro atoms. The molecule has 34 heavy (non-hydrogen) atoms. The monoisotopic (exact) mass is 492 g/mol. The van der Waals surface area contributed by atoms with Gasteiger partial charge in [-0.25, -0.2) is 4.39 Å². The van der Waals surface area contributed by atoms with Crippen LogP contribution in [0.5, 0.6) is 0 Å². The van der Waals surface area contributed by atoms with Gasteiger partial charge in [-0.15, -0.1) is 0 Å². The number of aromatic nitrogens is 1. The maximum atomic E-state index is 13.4. The van der Waals surface area contributed by atoms with E-state index in [1.54, 1.807) is 6.07 Å². The number of likely N-dealkylation sites (tertiary alicyclic amines) is 1. The zero-order valence-corrected chi connectivity index (χ0v) is 20.0. The van der Waals surface area contributed by atoms with Crippen LogP contribution in [0.2, 0.25) is 0 Å². The first kappa shape index (κ1) is 23.6. The fraction of sp³-hybridized carbons (Fsp3) is 0.609. The fourth-order valence-corrected chi connectivity index (χ4v) is 6.64. The van der Waals surface area contributed by atoms with Gasteiger partial charge in [0.05, 0.1) is 17.7 Å². The van der Waals surface area contributed by atoms with E-state index >= 15 is 0 Å². The summed E-state index contributed by atoms with van der Waals surface area (Å²) in [5.74, 6) is -0.162. The minimum absolute atomic E-state index is 0.0631. The van der Waals surface area contributed by atoms with Crippen molar-refractivity contribution < 1.29 is 28.1 Å². The SMILES string of the molecule is CC1N=C2C(P(=O)(O)O)CCCN2C(=O)C1CCN1CCC(c2noc3cc(F)ccc23)CC1. The van der Waals surface area contributed by atoms with Crippen LogP contribution in [-0.2, 0) is 9.36 Å². The molecule has 184 valence electrons. The maximum absolute atomic E-state index is 13.4. The molecule has 2 fully saturated rings. The van der Waals surface area contributed by atoms with Crippen molar-refractivity contribution in [1.82, 2.24) is 15.0 Å². The number of aliphatic imine (C=N–C) groups is 1. The summed E-state index contributed by atoms with van der Waals surface area (Å²) < 4.78 is 30.7. The van der Waals surface area contributed by atoms with Gasteiger partial charge in [-0.2, -0.15) is 0 Å². The van der Waals surface area contributed by atoms with Gasteiger partial charge < -0.3 is 19.2 Å². The number of amidine groups is 1. The summed E-state index contributed by atoms with van der Waals surface area (Å²) >= 11 is 0. The van der Waals surface area contributed by atoms with Crippen LogP contribution >= 0.6 is 7.60 Å². The largest absolute Gasteiger partial charge is 0.356 e. The van der Waals surface area contributed by atoms with Gasteiger partial charge in [0.1, 0.15) is 17.3 Å². The summed E-state index contributed by atoms with van der Waals surface area (Å²) in [6.07, 6.45) is 3.40. The number of halogens is 1. The van der Waals surface area contributed by atoms with Gasteiger partial charge in [0.15, 0.2) is 5.58 Å². The Morgan fingerprint density at radius 1 is 1.21 bits per heavy atom. The van der Waals surface area contributed by atoms with Gasteiger partial charge in [-0.05, 0) is 70.8 Å². The van der Waals surface area contributed by atoms with Crippen LogP contribution in [0.3, 0.4) is 0 Å². The summed E-state index contributed by atoms with van der Waals surface area (Å²) in [6, 6.07) is 4.22. The number of rotatable bonds is 5. The van der Waals surface area contributed by atoms with Crippen molar-refractivity contribution in [3.63, 3.8) is 0 Å². The molecule has 1 aromatic heterocycles. The lowest BCUT2D eigenvalue weighted by Gasteiger charge is -2.41. The molecule has 3 atom stereocenters. The van der Waals surface area contributed by atoms with Gasteiger partial charge in [0.25, 0.3) is 0 Å². The van der Waals surface area contributed by atoms with Crippen LogP contribution in [0.25, 0.3) is 11.0 Å². The van der Waals surface area contributed by atoms with Gasteiger partial charge in [0, 0.05) is 23.9 Å². The molecule has 4 heterocycles. The average Bonchev–Trinajstić information content (AvgIpc) is 3.21. The molecule has 1 aromatic carbocycles. The number of carbonyl (C=O) groups is 1. The molecule has 0 saturated carbocycles. The number of carbonyl (C=O) groups excluding carboxylic acids is 1. The van der Waals surface area contributed by atoms with Crippen LogP contribution in [0.1, 0.15) is 50.6 Å². The van der Waals surface area contributed by atoms with E-state index < -0.39 is 13.3 Å². The van der Waals surface area contributed by atoms with E-state index in [1.807, 2.05) is 6.92 Å². The van der Waals surface area contributed by atoms with Gasteiger partial charge in [-0.3, -0.25) is 19.3 Å². The highest BCUT2D eigenvalue weighted by atomic mass is 31.2. The Balaban J connectivity index is 1.20. The molecule has 2 saturated heterocycles. The van der Waals surface area contributed by atoms with Gasteiger partial charge in [-0.1, -0.05) is 5.16 Å². The Labute approximate surface area is 197 Å².